The Kier molecular flexibility index (Phi) is 6.73. The van der Waals surface area contributed by atoms with Crippen LogP contribution in [-0.2, 0) is 14.8 Å². The van der Waals surface area contributed by atoms with Crippen molar-refractivity contribution in [3.8, 4) is 11.4 Å². The molecule has 0 spiro atoms. The number of aromatic nitrogens is 2. The van der Waals surface area contributed by atoms with Crippen molar-refractivity contribution in [2.45, 2.75) is 4.90 Å². The highest BCUT2D eigenvalue weighted by Gasteiger charge is 2.17. The lowest BCUT2D eigenvalue weighted by molar-refractivity contribution is 0.199. The van der Waals surface area contributed by atoms with Crippen molar-refractivity contribution < 1.29 is 17.9 Å². The number of methoxy groups -OCH3 is 2. The van der Waals surface area contributed by atoms with Crippen LogP contribution in [-0.4, -0.2) is 58.7 Å². The molecule has 1 heterocycles. The van der Waals surface area contributed by atoms with E-state index >= 15 is 0 Å². The van der Waals surface area contributed by atoms with Gasteiger partial charge in [-0.1, -0.05) is 12.1 Å². The van der Waals surface area contributed by atoms with Gasteiger partial charge in [-0.2, -0.15) is 5.10 Å². The van der Waals surface area contributed by atoms with Gasteiger partial charge in [0.2, 0.25) is 10.0 Å². The lowest BCUT2D eigenvalue weighted by Crippen LogP contribution is -2.33. The SMILES string of the molecule is COCCNCCNS(=O)(=O)c1cnn(-c2ccccc2OC)c1. The summed E-state index contributed by atoms with van der Waals surface area (Å²) in [5, 5.41) is 7.18. The third-order valence-corrected chi connectivity index (χ3v) is 4.69. The van der Waals surface area contributed by atoms with Crippen LogP contribution in [0.4, 0.5) is 0 Å². The maximum absolute atomic E-state index is 12.3. The highest BCUT2D eigenvalue weighted by Crippen LogP contribution is 2.22. The van der Waals surface area contributed by atoms with Gasteiger partial charge in [0.1, 0.15) is 16.3 Å². The lowest BCUT2D eigenvalue weighted by Gasteiger charge is -2.07. The van der Waals surface area contributed by atoms with Crippen molar-refractivity contribution in [3.05, 3.63) is 36.7 Å². The summed E-state index contributed by atoms with van der Waals surface area (Å²) in [6.45, 7) is 2.05. The Balaban J connectivity index is 2.01. The maximum Gasteiger partial charge on any atom is 0.243 e. The second-order valence-electron chi connectivity index (χ2n) is 4.93. The number of nitrogens with zero attached hydrogens (tertiary/aromatic N) is 2. The van der Waals surface area contributed by atoms with Gasteiger partial charge < -0.3 is 14.8 Å². The molecule has 0 aliphatic rings. The van der Waals surface area contributed by atoms with Crippen LogP contribution in [0.15, 0.2) is 41.6 Å². The first-order valence-electron chi connectivity index (χ1n) is 7.46. The quantitative estimate of drug-likeness (QED) is 0.600. The molecule has 0 bridgehead atoms. The fourth-order valence-electron chi connectivity index (χ4n) is 2.05. The zero-order chi connectivity index (χ0) is 17.4. The predicted octanol–water partition coefficient (Wildman–Crippen LogP) is 0.395. The number of rotatable bonds is 10. The molecule has 0 amide bonds. The number of ether oxygens (including phenoxy) is 2. The molecule has 2 aromatic rings. The van der Waals surface area contributed by atoms with Crippen LogP contribution < -0.4 is 14.8 Å². The summed E-state index contributed by atoms with van der Waals surface area (Å²) in [5.41, 5.74) is 0.669. The average Bonchev–Trinajstić information content (AvgIpc) is 3.09. The van der Waals surface area contributed by atoms with E-state index in [1.165, 1.54) is 17.1 Å². The van der Waals surface area contributed by atoms with Crippen LogP contribution in [0, 0.1) is 0 Å². The van der Waals surface area contributed by atoms with Gasteiger partial charge in [0.15, 0.2) is 0 Å². The maximum atomic E-state index is 12.3. The number of sulfonamides is 1. The monoisotopic (exact) mass is 354 g/mol. The molecule has 24 heavy (non-hydrogen) atoms. The minimum atomic E-state index is -3.61. The first kappa shape index (κ1) is 18.4. The molecule has 2 N–H and O–H groups in total. The third-order valence-electron chi connectivity index (χ3n) is 3.28. The summed E-state index contributed by atoms with van der Waals surface area (Å²) < 4.78 is 38.7. The second kappa shape index (κ2) is 8.78. The highest BCUT2D eigenvalue weighted by atomic mass is 32.2. The van der Waals surface area contributed by atoms with E-state index in [0.29, 0.717) is 31.1 Å². The van der Waals surface area contributed by atoms with Gasteiger partial charge in [-0.15, -0.1) is 0 Å². The normalized spacial score (nSPS) is 11.6. The van der Waals surface area contributed by atoms with E-state index in [1.54, 1.807) is 26.4 Å². The van der Waals surface area contributed by atoms with E-state index < -0.39 is 10.0 Å². The lowest BCUT2D eigenvalue weighted by atomic mass is 10.3. The van der Waals surface area contributed by atoms with Crippen LogP contribution in [0.2, 0.25) is 0 Å². The number of benzene rings is 1. The molecule has 0 aliphatic heterocycles. The first-order chi connectivity index (χ1) is 11.6. The standard InChI is InChI=1S/C15H22N4O4S/c1-22-10-9-16-7-8-18-24(20,21)13-11-17-19(12-13)14-5-3-4-6-15(14)23-2/h3-6,11-12,16,18H,7-10H2,1-2H3. The van der Waals surface area contributed by atoms with E-state index in [-0.39, 0.29) is 11.4 Å². The molecule has 8 nitrogen and oxygen atoms in total. The number of hydrogen-bond acceptors (Lipinski definition) is 6. The van der Waals surface area contributed by atoms with E-state index in [2.05, 4.69) is 15.1 Å². The number of hydrogen-bond donors (Lipinski definition) is 2. The Morgan fingerprint density at radius 1 is 1.17 bits per heavy atom. The van der Waals surface area contributed by atoms with Gasteiger partial charge in [0.25, 0.3) is 0 Å². The first-order valence-corrected chi connectivity index (χ1v) is 8.94. The Morgan fingerprint density at radius 2 is 1.96 bits per heavy atom. The van der Waals surface area contributed by atoms with E-state index in [4.69, 9.17) is 9.47 Å². The van der Waals surface area contributed by atoms with E-state index in [9.17, 15) is 8.42 Å². The molecule has 0 unspecified atom stereocenters. The Morgan fingerprint density at radius 3 is 2.71 bits per heavy atom. The van der Waals surface area contributed by atoms with E-state index in [1.807, 2.05) is 12.1 Å². The fraction of sp³-hybridized carbons (Fsp3) is 0.400. The molecule has 0 radical (unpaired) electrons. The molecule has 0 atom stereocenters. The minimum absolute atomic E-state index is 0.102. The van der Waals surface area contributed by atoms with Gasteiger partial charge in [-0.05, 0) is 12.1 Å². The van der Waals surface area contributed by atoms with Gasteiger partial charge in [0, 0.05) is 26.7 Å². The second-order valence-corrected chi connectivity index (χ2v) is 6.70. The van der Waals surface area contributed by atoms with Crippen molar-refractivity contribution in [3.63, 3.8) is 0 Å². The Hall–Kier alpha value is -1.94. The van der Waals surface area contributed by atoms with Crippen LogP contribution >= 0.6 is 0 Å². The summed E-state index contributed by atoms with van der Waals surface area (Å²) in [7, 11) is -0.437. The molecular weight excluding hydrogens is 332 g/mol. The smallest absolute Gasteiger partial charge is 0.243 e. The fourth-order valence-corrected chi connectivity index (χ4v) is 3.01. The van der Waals surface area contributed by atoms with Crippen molar-refractivity contribution in [2.75, 3.05) is 40.5 Å². The summed E-state index contributed by atoms with van der Waals surface area (Å²) in [6.07, 6.45) is 2.77. The van der Waals surface area contributed by atoms with Crippen LogP contribution in [0.5, 0.6) is 5.75 Å². The molecule has 0 saturated heterocycles. The molecule has 0 fully saturated rings. The third kappa shape index (κ3) is 4.78. The van der Waals surface area contributed by atoms with Gasteiger partial charge in [0.05, 0.1) is 26.1 Å². The molecule has 2 rings (SSSR count). The Labute approximate surface area is 141 Å². The molecule has 0 aliphatic carbocycles. The van der Waals surface area contributed by atoms with Crippen molar-refractivity contribution in [1.82, 2.24) is 19.8 Å². The van der Waals surface area contributed by atoms with Crippen molar-refractivity contribution in [1.29, 1.82) is 0 Å². The Bertz CT molecular complexity index is 745. The summed E-state index contributed by atoms with van der Waals surface area (Å²) >= 11 is 0. The molecule has 1 aromatic carbocycles. The zero-order valence-corrected chi connectivity index (χ0v) is 14.5. The molecule has 9 heteroatoms. The molecule has 1 aromatic heterocycles. The summed E-state index contributed by atoms with van der Waals surface area (Å²) in [5.74, 6) is 0.611. The average molecular weight is 354 g/mol. The molecular formula is C15H22N4O4S. The van der Waals surface area contributed by atoms with Crippen molar-refractivity contribution in [2.24, 2.45) is 0 Å². The molecule has 132 valence electrons. The van der Waals surface area contributed by atoms with Gasteiger partial charge >= 0.3 is 0 Å². The van der Waals surface area contributed by atoms with Gasteiger partial charge in [-0.3, -0.25) is 0 Å². The largest absolute Gasteiger partial charge is 0.494 e. The van der Waals surface area contributed by atoms with E-state index in [0.717, 1.165) is 0 Å². The van der Waals surface area contributed by atoms with Crippen molar-refractivity contribution >= 4 is 10.0 Å². The van der Waals surface area contributed by atoms with Gasteiger partial charge in [-0.25, -0.2) is 17.8 Å². The summed E-state index contributed by atoms with van der Waals surface area (Å²) in [4.78, 5) is 0.102. The zero-order valence-electron chi connectivity index (χ0n) is 13.7. The van der Waals surface area contributed by atoms with Crippen LogP contribution in [0.3, 0.4) is 0 Å². The topological polar surface area (TPSA) is 94.5 Å². The summed E-state index contributed by atoms with van der Waals surface area (Å²) in [6, 6.07) is 7.25. The highest BCUT2D eigenvalue weighted by molar-refractivity contribution is 7.89. The van der Waals surface area contributed by atoms with Crippen LogP contribution in [0.1, 0.15) is 0 Å². The number of nitrogens with one attached hydrogen (secondary N) is 2. The number of para-hydroxylation sites is 2. The minimum Gasteiger partial charge on any atom is -0.494 e. The predicted molar refractivity (Wildman–Crippen MR) is 90.1 cm³/mol. The van der Waals surface area contributed by atoms with Crippen LogP contribution in [0.25, 0.3) is 5.69 Å². The molecule has 0 saturated carbocycles.